The molecule has 1 aliphatic carbocycles. The van der Waals surface area contributed by atoms with Crippen LogP contribution in [0, 0.1) is 0 Å². The molecule has 3 rings (SSSR count). The highest BCUT2D eigenvalue weighted by molar-refractivity contribution is 6.12. The van der Waals surface area contributed by atoms with E-state index in [4.69, 9.17) is 0 Å². The van der Waals surface area contributed by atoms with E-state index in [0.29, 0.717) is 0 Å². The number of benzene rings is 2. The third-order valence-electron chi connectivity index (χ3n) is 4.67. The summed E-state index contributed by atoms with van der Waals surface area (Å²) in [6.45, 7) is 10.8. The predicted molar refractivity (Wildman–Crippen MR) is 104 cm³/mol. The molecule has 0 radical (unpaired) electrons. The lowest BCUT2D eigenvalue weighted by atomic mass is 9.72. The van der Waals surface area contributed by atoms with Crippen LogP contribution >= 0.6 is 0 Å². The fraction of sp³-hybridized carbons (Fsp3) is 0.348. The SMILES string of the molecule is CC(C)(C)N[C@@H](C1=CC(C)(C)c2ccccc2C1=O)c1ccccc1. The second-order valence-electron chi connectivity index (χ2n) is 8.43. The van der Waals surface area contributed by atoms with Crippen LogP contribution < -0.4 is 5.32 Å². The van der Waals surface area contributed by atoms with Gasteiger partial charge in [0.1, 0.15) is 0 Å². The van der Waals surface area contributed by atoms with Crippen molar-refractivity contribution in [1.82, 2.24) is 5.32 Å². The van der Waals surface area contributed by atoms with Crippen molar-refractivity contribution in [2.75, 3.05) is 0 Å². The Morgan fingerprint density at radius 3 is 2.16 bits per heavy atom. The number of carbonyl (C=O) groups is 1. The molecule has 0 saturated carbocycles. The van der Waals surface area contributed by atoms with Gasteiger partial charge in [0.2, 0.25) is 0 Å². The van der Waals surface area contributed by atoms with Crippen LogP contribution in [0.25, 0.3) is 0 Å². The van der Waals surface area contributed by atoms with Crippen LogP contribution in [0.5, 0.6) is 0 Å². The molecule has 2 aromatic carbocycles. The van der Waals surface area contributed by atoms with E-state index in [-0.39, 0.29) is 22.8 Å². The fourth-order valence-electron chi connectivity index (χ4n) is 3.56. The first kappa shape index (κ1) is 17.6. The van der Waals surface area contributed by atoms with Gasteiger partial charge in [-0.05, 0) is 31.9 Å². The van der Waals surface area contributed by atoms with E-state index in [1.54, 1.807) is 0 Å². The van der Waals surface area contributed by atoms with E-state index in [9.17, 15) is 4.79 Å². The maximum atomic E-state index is 13.3. The number of hydrogen-bond acceptors (Lipinski definition) is 2. The number of fused-ring (bicyclic) bond motifs is 1. The highest BCUT2D eigenvalue weighted by Gasteiger charge is 2.36. The zero-order valence-electron chi connectivity index (χ0n) is 15.8. The quantitative estimate of drug-likeness (QED) is 0.834. The smallest absolute Gasteiger partial charge is 0.190 e. The van der Waals surface area contributed by atoms with Crippen molar-refractivity contribution >= 4 is 5.78 Å². The molecule has 0 aliphatic heterocycles. The molecule has 0 heterocycles. The highest BCUT2D eigenvalue weighted by atomic mass is 16.1. The summed E-state index contributed by atoms with van der Waals surface area (Å²) in [7, 11) is 0. The molecule has 0 fully saturated rings. The number of rotatable bonds is 3. The van der Waals surface area contributed by atoms with Gasteiger partial charge in [-0.3, -0.25) is 4.79 Å². The molecule has 2 aromatic rings. The van der Waals surface area contributed by atoms with Crippen LogP contribution in [-0.2, 0) is 5.41 Å². The summed E-state index contributed by atoms with van der Waals surface area (Å²) in [6, 6.07) is 18.1. The molecule has 2 nitrogen and oxygen atoms in total. The molecule has 0 unspecified atom stereocenters. The van der Waals surface area contributed by atoms with Gasteiger partial charge in [0.05, 0.1) is 6.04 Å². The first-order valence-electron chi connectivity index (χ1n) is 8.89. The summed E-state index contributed by atoms with van der Waals surface area (Å²) in [6.07, 6.45) is 2.15. The molecule has 25 heavy (non-hydrogen) atoms. The number of ketones is 1. The van der Waals surface area contributed by atoms with Crippen LogP contribution in [0.15, 0.2) is 66.2 Å². The summed E-state index contributed by atoms with van der Waals surface area (Å²) in [4.78, 5) is 13.3. The van der Waals surface area contributed by atoms with E-state index in [1.165, 1.54) is 0 Å². The van der Waals surface area contributed by atoms with Crippen molar-refractivity contribution in [1.29, 1.82) is 0 Å². The van der Waals surface area contributed by atoms with Crippen LogP contribution in [0.4, 0.5) is 0 Å². The zero-order chi connectivity index (χ0) is 18.2. The summed E-state index contributed by atoms with van der Waals surface area (Å²) in [5.74, 6) is 0.125. The van der Waals surface area contributed by atoms with Crippen LogP contribution in [0.3, 0.4) is 0 Å². The average Bonchev–Trinajstić information content (AvgIpc) is 2.56. The van der Waals surface area contributed by atoms with Crippen molar-refractivity contribution in [2.24, 2.45) is 0 Å². The van der Waals surface area contributed by atoms with Gasteiger partial charge in [-0.15, -0.1) is 0 Å². The first-order chi connectivity index (χ1) is 11.7. The Bertz CT molecular complexity index is 809. The summed E-state index contributed by atoms with van der Waals surface area (Å²) in [5.41, 5.74) is 3.60. The lowest BCUT2D eigenvalue weighted by Crippen LogP contribution is -2.42. The second kappa shape index (κ2) is 6.27. The summed E-state index contributed by atoms with van der Waals surface area (Å²) in [5, 5.41) is 3.65. The second-order valence-corrected chi connectivity index (χ2v) is 8.43. The minimum Gasteiger partial charge on any atom is -0.301 e. The Morgan fingerprint density at radius 2 is 1.52 bits per heavy atom. The minimum absolute atomic E-state index is 0.108. The van der Waals surface area contributed by atoms with Crippen molar-refractivity contribution < 1.29 is 4.79 Å². The van der Waals surface area contributed by atoms with Gasteiger partial charge in [0.15, 0.2) is 5.78 Å². The largest absolute Gasteiger partial charge is 0.301 e. The van der Waals surface area contributed by atoms with Gasteiger partial charge in [-0.1, -0.05) is 74.5 Å². The van der Waals surface area contributed by atoms with Crippen molar-refractivity contribution in [3.05, 3.63) is 82.9 Å². The van der Waals surface area contributed by atoms with Gasteiger partial charge < -0.3 is 5.32 Å². The van der Waals surface area contributed by atoms with E-state index in [1.807, 2.05) is 36.4 Å². The number of Topliss-reactive ketones (excluding diaryl/α,β-unsaturated/α-hetero) is 1. The van der Waals surface area contributed by atoms with E-state index in [0.717, 1.165) is 22.3 Å². The number of allylic oxidation sites excluding steroid dienone is 1. The van der Waals surface area contributed by atoms with Crippen molar-refractivity contribution in [3.8, 4) is 0 Å². The molecule has 0 spiro atoms. The lowest BCUT2D eigenvalue weighted by Gasteiger charge is -2.36. The van der Waals surface area contributed by atoms with E-state index in [2.05, 4.69) is 64.2 Å². The van der Waals surface area contributed by atoms with E-state index >= 15 is 0 Å². The Hall–Kier alpha value is -2.19. The van der Waals surface area contributed by atoms with Crippen LogP contribution in [-0.4, -0.2) is 11.3 Å². The third-order valence-corrected chi connectivity index (χ3v) is 4.67. The lowest BCUT2D eigenvalue weighted by molar-refractivity contribution is 0.101. The first-order valence-corrected chi connectivity index (χ1v) is 8.89. The molecule has 130 valence electrons. The Labute approximate surface area is 151 Å². The molecule has 0 bridgehead atoms. The van der Waals surface area contributed by atoms with Crippen molar-refractivity contribution in [3.63, 3.8) is 0 Å². The van der Waals surface area contributed by atoms with Crippen molar-refractivity contribution in [2.45, 2.75) is 51.6 Å². The predicted octanol–water partition coefficient (Wildman–Crippen LogP) is 5.22. The van der Waals surface area contributed by atoms with Crippen LogP contribution in [0.2, 0.25) is 0 Å². The molecule has 1 aliphatic rings. The standard InChI is InChI=1S/C23H27NO/c1-22(2,3)24-20(16-11-7-6-8-12-16)18-15-23(4,5)19-14-10-9-13-17(19)21(18)25/h6-15,20,24H,1-5H3/t20-/m1/s1. The number of nitrogens with one attached hydrogen (secondary N) is 1. The molecule has 1 N–H and O–H groups in total. The molecular weight excluding hydrogens is 306 g/mol. The molecule has 0 saturated heterocycles. The summed E-state index contributed by atoms with van der Waals surface area (Å²) < 4.78 is 0. The fourth-order valence-corrected chi connectivity index (χ4v) is 3.56. The van der Waals surface area contributed by atoms with E-state index < -0.39 is 0 Å². The maximum Gasteiger partial charge on any atom is 0.190 e. The minimum atomic E-state index is -0.174. The van der Waals surface area contributed by atoms with Gasteiger partial charge in [0.25, 0.3) is 0 Å². The molecule has 2 heteroatoms. The zero-order valence-corrected chi connectivity index (χ0v) is 15.8. The van der Waals surface area contributed by atoms with Crippen LogP contribution in [0.1, 0.15) is 62.1 Å². The van der Waals surface area contributed by atoms with Gasteiger partial charge in [-0.25, -0.2) is 0 Å². The Kier molecular flexibility index (Phi) is 4.42. The molecular formula is C23H27NO. The molecule has 0 aromatic heterocycles. The van der Waals surface area contributed by atoms with Gasteiger partial charge >= 0.3 is 0 Å². The summed E-state index contributed by atoms with van der Waals surface area (Å²) >= 11 is 0. The monoisotopic (exact) mass is 333 g/mol. The molecule has 1 atom stereocenters. The number of carbonyl (C=O) groups excluding carboxylic acids is 1. The number of hydrogen-bond donors (Lipinski definition) is 1. The molecule has 0 amide bonds. The maximum absolute atomic E-state index is 13.3. The average molecular weight is 333 g/mol. The van der Waals surface area contributed by atoms with Gasteiger partial charge in [-0.2, -0.15) is 0 Å². The topological polar surface area (TPSA) is 29.1 Å². The third kappa shape index (κ3) is 3.59. The normalized spacial score (nSPS) is 17.6. The van der Waals surface area contributed by atoms with Gasteiger partial charge in [0, 0.05) is 22.1 Å². The Balaban J connectivity index is 2.13. The Morgan fingerprint density at radius 1 is 0.920 bits per heavy atom. The highest BCUT2D eigenvalue weighted by Crippen LogP contribution is 2.39.